The third kappa shape index (κ3) is 3.39. The van der Waals surface area contributed by atoms with Crippen LogP contribution in [0.1, 0.15) is 16.1 Å². The maximum Gasteiger partial charge on any atom is 0.252 e. The number of nitrogens with zero attached hydrogens (tertiary/aromatic N) is 3. The van der Waals surface area contributed by atoms with Gasteiger partial charge in [-0.1, -0.05) is 6.07 Å². The SMILES string of the molecule is COc1ccc(-n2nc(C)c3c(Nc4cccc(OC)c4)c(C(N)=O)cnc32)cc1. The Morgan fingerprint density at radius 2 is 1.80 bits per heavy atom. The van der Waals surface area contributed by atoms with E-state index in [1.807, 2.05) is 55.5 Å². The molecule has 0 spiro atoms. The summed E-state index contributed by atoms with van der Waals surface area (Å²) in [5.74, 6) is 0.860. The lowest BCUT2D eigenvalue weighted by Gasteiger charge is -2.13. The molecule has 0 bridgehead atoms. The number of anilines is 2. The van der Waals surface area contributed by atoms with Gasteiger partial charge in [-0.05, 0) is 43.3 Å². The summed E-state index contributed by atoms with van der Waals surface area (Å²) in [5.41, 5.74) is 9.35. The second-order valence-electron chi connectivity index (χ2n) is 6.66. The number of aryl methyl sites for hydroxylation is 1. The number of pyridine rings is 1. The van der Waals surface area contributed by atoms with E-state index in [4.69, 9.17) is 15.2 Å². The van der Waals surface area contributed by atoms with Crippen LogP contribution in [0.5, 0.6) is 11.5 Å². The first-order valence-electron chi connectivity index (χ1n) is 9.25. The van der Waals surface area contributed by atoms with Crippen LogP contribution in [0.4, 0.5) is 11.4 Å². The fourth-order valence-electron chi connectivity index (χ4n) is 3.32. The van der Waals surface area contributed by atoms with Crippen LogP contribution >= 0.6 is 0 Å². The zero-order valence-electron chi connectivity index (χ0n) is 16.8. The van der Waals surface area contributed by atoms with Crippen LogP contribution in [0.2, 0.25) is 0 Å². The van der Waals surface area contributed by atoms with Crippen molar-refractivity contribution in [3.8, 4) is 17.2 Å². The van der Waals surface area contributed by atoms with Gasteiger partial charge in [-0.2, -0.15) is 5.10 Å². The molecule has 152 valence electrons. The van der Waals surface area contributed by atoms with Gasteiger partial charge in [-0.25, -0.2) is 9.67 Å². The third-order valence-corrected chi connectivity index (χ3v) is 4.79. The minimum absolute atomic E-state index is 0.280. The number of hydrogen-bond donors (Lipinski definition) is 2. The average Bonchev–Trinajstić information content (AvgIpc) is 3.11. The summed E-state index contributed by atoms with van der Waals surface area (Å²) in [6.45, 7) is 1.87. The molecule has 2 heterocycles. The Morgan fingerprint density at radius 1 is 1.07 bits per heavy atom. The zero-order valence-corrected chi connectivity index (χ0v) is 16.8. The molecule has 4 rings (SSSR count). The predicted octanol–water partition coefficient (Wildman–Crippen LogP) is 3.59. The second-order valence-corrected chi connectivity index (χ2v) is 6.66. The van der Waals surface area contributed by atoms with Crippen LogP contribution < -0.4 is 20.5 Å². The van der Waals surface area contributed by atoms with Crippen LogP contribution in [-0.2, 0) is 0 Å². The van der Waals surface area contributed by atoms with Crippen molar-refractivity contribution in [2.45, 2.75) is 6.92 Å². The van der Waals surface area contributed by atoms with Crippen LogP contribution in [0.15, 0.2) is 54.7 Å². The van der Waals surface area contributed by atoms with Gasteiger partial charge < -0.3 is 20.5 Å². The summed E-state index contributed by atoms with van der Waals surface area (Å²) in [5, 5.41) is 8.66. The van der Waals surface area contributed by atoms with Gasteiger partial charge in [-0.15, -0.1) is 0 Å². The number of benzene rings is 2. The molecule has 8 heteroatoms. The summed E-state index contributed by atoms with van der Waals surface area (Å²) in [6.07, 6.45) is 1.47. The number of hydrogen-bond acceptors (Lipinski definition) is 6. The molecule has 0 radical (unpaired) electrons. The van der Waals surface area contributed by atoms with E-state index in [1.165, 1.54) is 6.20 Å². The molecule has 0 aliphatic heterocycles. The van der Waals surface area contributed by atoms with E-state index in [1.54, 1.807) is 18.9 Å². The van der Waals surface area contributed by atoms with Crippen molar-refractivity contribution < 1.29 is 14.3 Å². The van der Waals surface area contributed by atoms with Gasteiger partial charge in [0.15, 0.2) is 5.65 Å². The van der Waals surface area contributed by atoms with Crippen molar-refractivity contribution in [3.05, 3.63) is 66.0 Å². The maximum absolute atomic E-state index is 12.1. The lowest BCUT2D eigenvalue weighted by Crippen LogP contribution is -2.14. The Kier molecular flexibility index (Phi) is 4.97. The Hall–Kier alpha value is -4.07. The molecule has 0 fully saturated rings. The molecule has 0 saturated heterocycles. The molecular formula is C22H21N5O3. The fourth-order valence-corrected chi connectivity index (χ4v) is 3.32. The minimum atomic E-state index is -0.577. The first-order chi connectivity index (χ1) is 14.5. The fraction of sp³-hybridized carbons (Fsp3) is 0.136. The quantitative estimate of drug-likeness (QED) is 0.510. The lowest BCUT2D eigenvalue weighted by molar-refractivity contribution is 0.100. The van der Waals surface area contributed by atoms with Gasteiger partial charge in [0.1, 0.15) is 11.5 Å². The highest BCUT2D eigenvalue weighted by Crippen LogP contribution is 2.33. The van der Waals surface area contributed by atoms with Crippen molar-refractivity contribution in [1.82, 2.24) is 14.8 Å². The Balaban J connectivity index is 1.89. The molecule has 0 aliphatic carbocycles. The van der Waals surface area contributed by atoms with Gasteiger partial charge in [0.25, 0.3) is 5.91 Å². The average molecular weight is 403 g/mol. The highest BCUT2D eigenvalue weighted by molar-refractivity contribution is 6.07. The molecule has 2 aromatic heterocycles. The summed E-state index contributed by atoms with van der Waals surface area (Å²) >= 11 is 0. The van der Waals surface area contributed by atoms with Crippen LogP contribution in [0, 0.1) is 6.92 Å². The van der Waals surface area contributed by atoms with Gasteiger partial charge in [0.2, 0.25) is 0 Å². The van der Waals surface area contributed by atoms with Gasteiger partial charge in [0, 0.05) is 18.0 Å². The molecule has 0 aliphatic rings. The number of amides is 1. The van der Waals surface area contributed by atoms with Crippen molar-refractivity contribution in [2.24, 2.45) is 5.73 Å². The molecule has 0 saturated carbocycles. The Bertz CT molecular complexity index is 1230. The van der Waals surface area contributed by atoms with E-state index in [2.05, 4.69) is 15.4 Å². The monoisotopic (exact) mass is 403 g/mol. The number of carbonyl (C=O) groups is 1. The number of aromatic nitrogens is 3. The van der Waals surface area contributed by atoms with Crippen LogP contribution in [-0.4, -0.2) is 34.9 Å². The zero-order chi connectivity index (χ0) is 21.3. The summed E-state index contributed by atoms with van der Waals surface area (Å²) < 4.78 is 12.2. The number of fused-ring (bicyclic) bond motifs is 1. The Morgan fingerprint density at radius 3 is 2.47 bits per heavy atom. The molecule has 0 atom stereocenters. The molecule has 8 nitrogen and oxygen atoms in total. The molecule has 3 N–H and O–H groups in total. The number of rotatable bonds is 6. The molecular weight excluding hydrogens is 382 g/mol. The van der Waals surface area contributed by atoms with Gasteiger partial charge in [0.05, 0.1) is 42.2 Å². The summed E-state index contributed by atoms with van der Waals surface area (Å²) in [6, 6.07) is 14.9. The van der Waals surface area contributed by atoms with Crippen molar-refractivity contribution >= 4 is 28.3 Å². The molecule has 30 heavy (non-hydrogen) atoms. The third-order valence-electron chi connectivity index (χ3n) is 4.79. The van der Waals surface area contributed by atoms with E-state index in [9.17, 15) is 4.79 Å². The first kappa shape index (κ1) is 19.3. The van der Waals surface area contributed by atoms with E-state index in [0.29, 0.717) is 28.2 Å². The normalized spacial score (nSPS) is 10.8. The topological polar surface area (TPSA) is 104 Å². The number of nitrogens with two attached hydrogens (primary N) is 1. The number of methoxy groups -OCH3 is 2. The number of ether oxygens (including phenoxy) is 2. The minimum Gasteiger partial charge on any atom is -0.497 e. The first-order valence-corrected chi connectivity index (χ1v) is 9.25. The highest BCUT2D eigenvalue weighted by atomic mass is 16.5. The number of nitrogens with one attached hydrogen (secondary N) is 1. The van der Waals surface area contributed by atoms with E-state index in [-0.39, 0.29) is 5.56 Å². The standard InChI is InChI=1S/C22H21N5O3/c1-13-19-20(25-14-5-4-6-17(11-14)30-3)18(21(23)28)12-24-22(19)27(26-13)15-7-9-16(29-2)10-8-15/h4-12H,1-3H3,(H2,23,28)(H,24,25). The highest BCUT2D eigenvalue weighted by Gasteiger charge is 2.20. The molecule has 1 amide bonds. The Labute approximate surface area is 173 Å². The van der Waals surface area contributed by atoms with E-state index < -0.39 is 5.91 Å². The van der Waals surface area contributed by atoms with Gasteiger partial charge in [-0.3, -0.25) is 4.79 Å². The summed E-state index contributed by atoms with van der Waals surface area (Å²) in [7, 11) is 3.22. The van der Waals surface area contributed by atoms with Crippen molar-refractivity contribution in [3.63, 3.8) is 0 Å². The van der Waals surface area contributed by atoms with E-state index in [0.717, 1.165) is 17.1 Å². The van der Waals surface area contributed by atoms with Crippen molar-refractivity contribution in [2.75, 3.05) is 19.5 Å². The summed E-state index contributed by atoms with van der Waals surface area (Å²) in [4.78, 5) is 16.6. The molecule has 2 aromatic carbocycles. The maximum atomic E-state index is 12.1. The second kappa shape index (κ2) is 7.75. The van der Waals surface area contributed by atoms with Crippen LogP contribution in [0.3, 0.4) is 0 Å². The lowest BCUT2D eigenvalue weighted by atomic mass is 10.1. The predicted molar refractivity (Wildman–Crippen MR) is 115 cm³/mol. The number of primary amides is 1. The van der Waals surface area contributed by atoms with Crippen molar-refractivity contribution in [1.29, 1.82) is 0 Å². The molecule has 0 unspecified atom stereocenters. The van der Waals surface area contributed by atoms with Gasteiger partial charge >= 0.3 is 0 Å². The van der Waals surface area contributed by atoms with Crippen LogP contribution in [0.25, 0.3) is 16.7 Å². The number of carbonyl (C=O) groups excluding carboxylic acids is 1. The molecule has 4 aromatic rings. The largest absolute Gasteiger partial charge is 0.497 e. The smallest absolute Gasteiger partial charge is 0.252 e. The van der Waals surface area contributed by atoms with E-state index >= 15 is 0 Å².